The minimum absolute atomic E-state index is 0.115. The standard InChI is InChI=1S/C17H20N2O/c1-2-9-19-12-16(11-18-19)17(20)15-8-7-13-5-3-4-6-14(13)10-15/h3-6,11-12,15H,2,7-10H2,1H3. The fourth-order valence-corrected chi connectivity index (χ4v) is 3.00. The van der Waals surface area contributed by atoms with Crippen LogP contribution in [0.4, 0.5) is 0 Å². The number of aryl methyl sites for hydroxylation is 2. The number of fused-ring (bicyclic) bond motifs is 1. The lowest BCUT2D eigenvalue weighted by atomic mass is 9.80. The topological polar surface area (TPSA) is 34.9 Å². The third-order valence-corrected chi connectivity index (χ3v) is 4.09. The maximum Gasteiger partial charge on any atom is 0.169 e. The van der Waals surface area contributed by atoms with Gasteiger partial charge in [0.25, 0.3) is 0 Å². The van der Waals surface area contributed by atoms with Crippen molar-refractivity contribution in [1.82, 2.24) is 9.78 Å². The van der Waals surface area contributed by atoms with Gasteiger partial charge in [-0.1, -0.05) is 31.2 Å². The summed E-state index contributed by atoms with van der Waals surface area (Å²) in [4.78, 5) is 12.6. The summed E-state index contributed by atoms with van der Waals surface area (Å²) in [5.74, 6) is 0.367. The molecule has 1 aromatic heterocycles. The van der Waals surface area contributed by atoms with Crippen molar-refractivity contribution >= 4 is 5.78 Å². The molecule has 1 heterocycles. The van der Waals surface area contributed by atoms with Gasteiger partial charge in [-0.15, -0.1) is 0 Å². The average molecular weight is 268 g/mol. The van der Waals surface area contributed by atoms with Crippen LogP contribution in [0.25, 0.3) is 0 Å². The summed E-state index contributed by atoms with van der Waals surface area (Å²) in [6, 6.07) is 8.46. The smallest absolute Gasteiger partial charge is 0.169 e. The van der Waals surface area contributed by atoms with Gasteiger partial charge >= 0.3 is 0 Å². The lowest BCUT2D eigenvalue weighted by molar-refractivity contribution is 0.0908. The second kappa shape index (κ2) is 5.61. The molecule has 0 bridgehead atoms. The van der Waals surface area contributed by atoms with Crippen molar-refractivity contribution in [3.8, 4) is 0 Å². The molecule has 0 aliphatic heterocycles. The summed E-state index contributed by atoms with van der Waals surface area (Å²) >= 11 is 0. The van der Waals surface area contributed by atoms with Gasteiger partial charge in [-0.25, -0.2) is 0 Å². The van der Waals surface area contributed by atoms with E-state index in [1.54, 1.807) is 6.20 Å². The predicted octanol–water partition coefficient (Wildman–Crippen LogP) is 3.28. The fraction of sp³-hybridized carbons (Fsp3) is 0.412. The Labute approximate surface area is 119 Å². The van der Waals surface area contributed by atoms with E-state index in [1.165, 1.54) is 11.1 Å². The molecule has 1 unspecified atom stereocenters. The van der Waals surface area contributed by atoms with E-state index in [0.717, 1.165) is 37.8 Å². The number of aromatic nitrogens is 2. The van der Waals surface area contributed by atoms with Gasteiger partial charge < -0.3 is 0 Å². The molecule has 0 amide bonds. The van der Waals surface area contributed by atoms with E-state index in [0.29, 0.717) is 0 Å². The van der Waals surface area contributed by atoms with E-state index in [9.17, 15) is 4.79 Å². The number of benzene rings is 1. The fourth-order valence-electron chi connectivity index (χ4n) is 3.00. The van der Waals surface area contributed by atoms with Gasteiger partial charge in [0.1, 0.15) is 0 Å². The van der Waals surface area contributed by atoms with Crippen molar-refractivity contribution in [2.45, 2.75) is 39.2 Å². The lowest BCUT2D eigenvalue weighted by Crippen LogP contribution is -2.22. The van der Waals surface area contributed by atoms with Crippen molar-refractivity contribution in [2.24, 2.45) is 5.92 Å². The van der Waals surface area contributed by atoms with Crippen molar-refractivity contribution in [2.75, 3.05) is 0 Å². The molecule has 104 valence electrons. The molecule has 20 heavy (non-hydrogen) atoms. The molecule has 3 nitrogen and oxygen atoms in total. The van der Waals surface area contributed by atoms with Crippen molar-refractivity contribution in [3.63, 3.8) is 0 Å². The summed E-state index contributed by atoms with van der Waals surface area (Å²) in [6.45, 7) is 2.99. The monoisotopic (exact) mass is 268 g/mol. The summed E-state index contributed by atoms with van der Waals surface area (Å²) in [6.07, 6.45) is 7.48. The van der Waals surface area contributed by atoms with Crippen LogP contribution in [-0.4, -0.2) is 15.6 Å². The number of hydrogen-bond acceptors (Lipinski definition) is 2. The Balaban J connectivity index is 1.75. The minimum atomic E-state index is 0.115. The summed E-state index contributed by atoms with van der Waals surface area (Å²) in [5.41, 5.74) is 3.50. The van der Waals surface area contributed by atoms with E-state index in [4.69, 9.17) is 0 Å². The van der Waals surface area contributed by atoms with Crippen molar-refractivity contribution in [1.29, 1.82) is 0 Å². The number of carbonyl (C=O) groups is 1. The van der Waals surface area contributed by atoms with Crippen LogP contribution in [0.3, 0.4) is 0 Å². The Kier molecular flexibility index (Phi) is 3.68. The normalized spacial score (nSPS) is 17.8. The molecule has 0 N–H and O–H groups in total. The Morgan fingerprint density at radius 2 is 2.15 bits per heavy atom. The van der Waals surface area contributed by atoms with Crippen LogP contribution in [0.1, 0.15) is 41.3 Å². The number of rotatable bonds is 4. The van der Waals surface area contributed by atoms with Gasteiger partial charge in [0, 0.05) is 18.7 Å². The van der Waals surface area contributed by atoms with E-state index in [2.05, 4.69) is 36.3 Å². The first-order chi connectivity index (χ1) is 9.78. The highest BCUT2D eigenvalue weighted by Gasteiger charge is 2.26. The third kappa shape index (κ3) is 2.53. The van der Waals surface area contributed by atoms with Crippen LogP contribution >= 0.6 is 0 Å². The summed E-state index contributed by atoms with van der Waals surface area (Å²) in [7, 11) is 0. The first-order valence-corrected chi connectivity index (χ1v) is 7.41. The van der Waals surface area contributed by atoms with Crippen LogP contribution in [0, 0.1) is 5.92 Å². The second-order valence-corrected chi connectivity index (χ2v) is 5.56. The van der Waals surface area contributed by atoms with Crippen molar-refractivity contribution in [3.05, 3.63) is 53.3 Å². The number of hydrogen-bond donors (Lipinski definition) is 0. The molecule has 0 spiro atoms. The Morgan fingerprint density at radius 3 is 2.95 bits per heavy atom. The van der Waals surface area contributed by atoms with Gasteiger partial charge in [-0.05, 0) is 36.8 Å². The molecule has 3 heteroatoms. The summed E-state index contributed by atoms with van der Waals surface area (Å²) < 4.78 is 1.87. The molecule has 0 saturated carbocycles. The number of nitrogens with zero attached hydrogens (tertiary/aromatic N) is 2. The van der Waals surface area contributed by atoms with Crippen LogP contribution in [0.5, 0.6) is 0 Å². The van der Waals surface area contributed by atoms with Gasteiger partial charge in [0.2, 0.25) is 0 Å². The molecule has 1 atom stereocenters. The van der Waals surface area contributed by atoms with Crippen molar-refractivity contribution < 1.29 is 4.79 Å². The average Bonchev–Trinajstić information content (AvgIpc) is 2.95. The molecule has 2 aromatic rings. The molecule has 1 aromatic carbocycles. The molecule has 1 aliphatic rings. The molecule has 3 rings (SSSR count). The zero-order chi connectivity index (χ0) is 13.9. The predicted molar refractivity (Wildman–Crippen MR) is 78.8 cm³/mol. The highest BCUT2D eigenvalue weighted by molar-refractivity contribution is 5.97. The van der Waals surface area contributed by atoms with Gasteiger partial charge in [0.15, 0.2) is 5.78 Å². The number of carbonyl (C=O) groups excluding carboxylic acids is 1. The first-order valence-electron chi connectivity index (χ1n) is 7.41. The van der Waals surface area contributed by atoms with Gasteiger partial charge in [-0.3, -0.25) is 9.48 Å². The zero-order valence-corrected chi connectivity index (χ0v) is 11.9. The minimum Gasteiger partial charge on any atom is -0.294 e. The molecular weight excluding hydrogens is 248 g/mol. The molecule has 0 fully saturated rings. The van der Waals surface area contributed by atoms with Gasteiger partial charge in [0.05, 0.1) is 11.8 Å². The Morgan fingerprint density at radius 1 is 1.35 bits per heavy atom. The first kappa shape index (κ1) is 13.1. The zero-order valence-electron chi connectivity index (χ0n) is 11.9. The number of ketones is 1. The summed E-state index contributed by atoms with van der Waals surface area (Å²) in [5, 5.41) is 4.26. The van der Waals surface area contributed by atoms with E-state index in [1.807, 2.05) is 10.9 Å². The number of Topliss-reactive ketones (excluding diaryl/α,β-unsaturated/α-hetero) is 1. The highest BCUT2D eigenvalue weighted by Crippen LogP contribution is 2.27. The molecule has 0 saturated heterocycles. The van der Waals surface area contributed by atoms with Crippen LogP contribution in [-0.2, 0) is 19.4 Å². The SMILES string of the molecule is CCCn1cc(C(=O)C2CCc3ccccc3C2)cn1. The van der Waals surface area contributed by atoms with Crippen LogP contribution in [0.2, 0.25) is 0 Å². The molecule has 0 radical (unpaired) electrons. The van der Waals surface area contributed by atoms with Crippen LogP contribution in [0.15, 0.2) is 36.7 Å². The van der Waals surface area contributed by atoms with E-state index in [-0.39, 0.29) is 11.7 Å². The highest BCUT2D eigenvalue weighted by atomic mass is 16.1. The lowest BCUT2D eigenvalue weighted by Gasteiger charge is -2.23. The largest absolute Gasteiger partial charge is 0.294 e. The molecular formula is C17H20N2O. The van der Waals surface area contributed by atoms with Gasteiger partial charge in [-0.2, -0.15) is 5.10 Å². The second-order valence-electron chi connectivity index (χ2n) is 5.56. The van der Waals surface area contributed by atoms with E-state index >= 15 is 0 Å². The molecule has 1 aliphatic carbocycles. The maximum atomic E-state index is 12.6. The Hall–Kier alpha value is -1.90. The Bertz CT molecular complexity index is 615. The van der Waals surface area contributed by atoms with Crippen LogP contribution < -0.4 is 0 Å². The quantitative estimate of drug-likeness (QED) is 0.798. The maximum absolute atomic E-state index is 12.6. The van der Waals surface area contributed by atoms with E-state index < -0.39 is 0 Å². The third-order valence-electron chi connectivity index (χ3n) is 4.09.